The summed E-state index contributed by atoms with van der Waals surface area (Å²) in [5, 5.41) is 0. The van der Waals surface area contributed by atoms with E-state index in [1.807, 2.05) is 0 Å². The fourth-order valence-corrected chi connectivity index (χ4v) is 2.55. The van der Waals surface area contributed by atoms with E-state index < -0.39 is 0 Å². The van der Waals surface area contributed by atoms with E-state index in [0.717, 1.165) is 19.0 Å². The van der Waals surface area contributed by atoms with Crippen LogP contribution in [0.2, 0.25) is 0 Å². The van der Waals surface area contributed by atoms with Crippen LogP contribution in [0.1, 0.15) is 20.3 Å². The highest BCUT2D eigenvalue weighted by atomic mass is 15.2. The number of rotatable bonds is 5. The summed E-state index contributed by atoms with van der Waals surface area (Å²) < 4.78 is 0. The second-order valence-electron chi connectivity index (χ2n) is 5.40. The Morgan fingerprint density at radius 3 is 2.47 bits per heavy atom. The maximum atomic E-state index is 5.88. The van der Waals surface area contributed by atoms with Gasteiger partial charge in [-0.25, -0.2) is 0 Å². The first kappa shape index (κ1) is 12.9. The molecule has 0 aromatic heterocycles. The molecular weight excluding hydrogens is 186 g/mol. The average molecular weight is 213 g/mol. The summed E-state index contributed by atoms with van der Waals surface area (Å²) in [6.45, 7) is 9.03. The highest BCUT2D eigenvalue weighted by molar-refractivity contribution is 4.83. The van der Waals surface area contributed by atoms with Crippen LogP contribution < -0.4 is 5.73 Å². The zero-order valence-electron chi connectivity index (χ0n) is 10.7. The highest BCUT2D eigenvalue weighted by Crippen LogP contribution is 2.25. The van der Waals surface area contributed by atoms with E-state index in [0.29, 0.717) is 12.0 Å². The Bertz CT molecular complexity index is 180. The number of hydrogen-bond acceptors (Lipinski definition) is 3. The van der Waals surface area contributed by atoms with E-state index >= 15 is 0 Å². The number of nitrogens with zero attached hydrogens (tertiary/aromatic N) is 2. The third kappa shape index (κ3) is 3.74. The van der Waals surface area contributed by atoms with Gasteiger partial charge in [-0.05, 0) is 59.3 Å². The van der Waals surface area contributed by atoms with E-state index in [-0.39, 0.29) is 0 Å². The fourth-order valence-electron chi connectivity index (χ4n) is 2.55. The second kappa shape index (κ2) is 5.83. The van der Waals surface area contributed by atoms with Crippen LogP contribution in [0.15, 0.2) is 0 Å². The van der Waals surface area contributed by atoms with Crippen LogP contribution in [-0.4, -0.2) is 56.1 Å². The van der Waals surface area contributed by atoms with Crippen molar-refractivity contribution in [1.29, 1.82) is 0 Å². The molecule has 2 unspecified atom stereocenters. The Kier molecular flexibility index (Phi) is 5.03. The zero-order valence-corrected chi connectivity index (χ0v) is 10.7. The van der Waals surface area contributed by atoms with Crippen molar-refractivity contribution in [2.24, 2.45) is 17.6 Å². The highest BCUT2D eigenvalue weighted by Gasteiger charge is 2.29. The molecule has 2 atom stereocenters. The maximum absolute atomic E-state index is 5.88. The summed E-state index contributed by atoms with van der Waals surface area (Å²) in [4.78, 5) is 4.83. The second-order valence-corrected chi connectivity index (χ2v) is 5.40. The number of hydrogen-bond donors (Lipinski definition) is 1. The maximum Gasteiger partial charge on any atom is 0.00387 e. The van der Waals surface area contributed by atoms with E-state index in [2.05, 4.69) is 37.7 Å². The Balaban J connectivity index is 2.42. The summed E-state index contributed by atoms with van der Waals surface area (Å²) in [5.41, 5.74) is 5.88. The van der Waals surface area contributed by atoms with Gasteiger partial charge in [0.25, 0.3) is 0 Å². The molecule has 1 aliphatic heterocycles. The summed E-state index contributed by atoms with van der Waals surface area (Å²) in [6, 6.07) is 0.688. The molecule has 1 saturated heterocycles. The van der Waals surface area contributed by atoms with Gasteiger partial charge in [-0.1, -0.05) is 0 Å². The number of nitrogens with two attached hydrogens (primary N) is 1. The minimum atomic E-state index is 0.670. The smallest absolute Gasteiger partial charge is 0.00387 e. The van der Waals surface area contributed by atoms with Crippen molar-refractivity contribution >= 4 is 0 Å². The van der Waals surface area contributed by atoms with E-state index in [9.17, 15) is 0 Å². The molecule has 1 rings (SSSR count). The van der Waals surface area contributed by atoms with Gasteiger partial charge in [0.05, 0.1) is 0 Å². The molecule has 0 radical (unpaired) electrons. The molecule has 1 aliphatic rings. The zero-order chi connectivity index (χ0) is 11.4. The molecule has 0 aromatic carbocycles. The van der Waals surface area contributed by atoms with Gasteiger partial charge in [0.2, 0.25) is 0 Å². The monoisotopic (exact) mass is 213 g/mol. The molecule has 0 aliphatic carbocycles. The third-order valence-electron chi connectivity index (χ3n) is 3.56. The van der Waals surface area contributed by atoms with Gasteiger partial charge in [0.1, 0.15) is 0 Å². The molecule has 0 bridgehead atoms. The molecule has 0 spiro atoms. The Hall–Kier alpha value is -0.120. The summed E-state index contributed by atoms with van der Waals surface area (Å²) in [7, 11) is 4.27. The molecular formula is C12H27N3. The molecule has 90 valence electrons. The summed E-state index contributed by atoms with van der Waals surface area (Å²) >= 11 is 0. The van der Waals surface area contributed by atoms with Crippen LogP contribution in [-0.2, 0) is 0 Å². The van der Waals surface area contributed by atoms with Crippen molar-refractivity contribution in [3.63, 3.8) is 0 Å². The Morgan fingerprint density at radius 2 is 2.07 bits per heavy atom. The van der Waals surface area contributed by atoms with Crippen molar-refractivity contribution in [1.82, 2.24) is 9.80 Å². The van der Waals surface area contributed by atoms with Gasteiger partial charge in [-0.2, -0.15) is 0 Å². The van der Waals surface area contributed by atoms with Gasteiger partial charge < -0.3 is 15.5 Å². The van der Waals surface area contributed by atoms with Crippen LogP contribution in [0.5, 0.6) is 0 Å². The van der Waals surface area contributed by atoms with Crippen LogP contribution in [0.25, 0.3) is 0 Å². The van der Waals surface area contributed by atoms with Crippen molar-refractivity contribution in [2.75, 3.05) is 40.3 Å². The van der Waals surface area contributed by atoms with Crippen LogP contribution >= 0.6 is 0 Å². The van der Waals surface area contributed by atoms with Gasteiger partial charge in [-0.15, -0.1) is 0 Å². The van der Waals surface area contributed by atoms with Crippen molar-refractivity contribution in [3.05, 3.63) is 0 Å². The minimum absolute atomic E-state index is 0.670. The lowest BCUT2D eigenvalue weighted by Crippen LogP contribution is -2.35. The van der Waals surface area contributed by atoms with Crippen molar-refractivity contribution in [3.8, 4) is 0 Å². The van der Waals surface area contributed by atoms with Crippen LogP contribution in [0.3, 0.4) is 0 Å². The summed E-state index contributed by atoms with van der Waals surface area (Å²) in [5.74, 6) is 1.48. The lowest BCUT2D eigenvalue weighted by molar-refractivity contribution is 0.222. The molecule has 1 heterocycles. The normalized spacial score (nSPS) is 25.4. The molecule has 15 heavy (non-hydrogen) atoms. The molecule has 3 nitrogen and oxygen atoms in total. The first-order valence-electron chi connectivity index (χ1n) is 6.13. The molecule has 2 N–H and O–H groups in total. The number of likely N-dealkylation sites (tertiary alicyclic amines) is 1. The predicted molar refractivity (Wildman–Crippen MR) is 65.9 cm³/mol. The topological polar surface area (TPSA) is 32.5 Å². The quantitative estimate of drug-likeness (QED) is 0.735. The first-order chi connectivity index (χ1) is 7.04. The predicted octanol–water partition coefficient (Wildman–Crippen LogP) is 0.853. The standard InChI is InChI=1S/C12H27N3/c1-10(2)15-6-5-11(9-15)12(7-13)8-14(3)4/h10-12H,5-9,13H2,1-4H3. The Morgan fingerprint density at radius 1 is 1.40 bits per heavy atom. The van der Waals surface area contributed by atoms with Gasteiger partial charge >= 0.3 is 0 Å². The largest absolute Gasteiger partial charge is 0.330 e. The fraction of sp³-hybridized carbons (Fsp3) is 1.00. The molecule has 1 fully saturated rings. The third-order valence-corrected chi connectivity index (χ3v) is 3.56. The van der Waals surface area contributed by atoms with E-state index in [1.54, 1.807) is 0 Å². The van der Waals surface area contributed by atoms with Gasteiger partial charge in [0, 0.05) is 19.1 Å². The molecule has 3 heteroatoms. The lowest BCUT2D eigenvalue weighted by atomic mass is 9.91. The minimum Gasteiger partial charge on any atom is -0.330 e. The average Bonchev–Trinajstić information content (AvgIpc) is 2.62. The summed E-state index contributed by atoms with van der Waals surface area (Å²) in [6.07, 6.45) is 1.33. The van der Waals surface area contributed by atoms with Crippen molar-refractivity contribution < 1.29 is 0 Å². The molecule has 0 saturated carbocycles. The lowest BCUT2D eigenvalue weighted by Gasteiger charge is -2.26. The SMILES string of the molecule is CC(C)N1CCC(C(CN)CN(C)C)C1. The van der Waals surface area contributed by atoms with E-state index in [1.165, 1.54) is 19.5 Å². The van der Waals surface area contributed by atoms with Crippen LogP contribution in [0, 0.1) is 11.8 Å². The Labute approximate surface area is 94.6 Å². The first-order valence-corrected chi connectivity index (χ1v) is 6.13. The molecule has 0 aromatic rings. The molecule has 0 amide bonds. The van der Waals surface area contributed by atoms with Gasteiger partial charge in [0.15, 0.2) is 0 Å². The van der Waals surface area contributed by atoms with E-state index in [4.69, 9.17) is 5.73 Å². The van der Waals surface area contributed by atoms with Crippen molar-refractivity contribution in [2.45, 2.75) is 26.3 Å². The van der Waals surface area contributed by atoms with Gasteiger partial charge in [-0.3, -0.25) is 0 Å². The van der Waals surface area contributed by atoms with Crippen LogP contribution in [0.4, 0.5) is 0 Å².